The molecule has 6 aromatic carbocycles. The number of benzene rings is 6. The van der Waals surface area contributed by atoms with Crippen LogP contribution in [-0.2, 0) is 20.7 Å². The van der Waals surface area contributed by atoms with Gasteiger partial charge in [0.2, 0.25) is 5.78 Å². The van der Waals surface area contributed by atoms with Gasteiger partial charge in [-0.3, -0.25) is 14.8 Å². The molecule has 0 amide bonds. The van der Waals surface area contributed by atoms with Crippen molar-refractivity contribution in [3.05, 3.63) is 293 Å². The molecule has 121 heavy (non-hydrogen) atoms. The second-order valence-corrected chi connectivity index (χ2v) is 30.2. The Morgan fingerprint density at radius 3 is 1.27 bits per heavy atom. The van der Waals surface area contributed by atoms with Crippen LogP contribution in [0.3, 0.4) is 0 Å². The SMILES string of the molecule is CCOc1nc2c(C(=O)c3ccc(F)cn3)cc(-c3c(C)noc3C)cc2n1C(=O)OC(C)(C)C.CCOc1nc2c(C(O)(c3ccc(F)cn3)c3cc(F)ccc3F)cc(-c3c(C)noc3C)cc2n1C(=O)OC(C)(C)C.Cc1noc(C)c1-c1cc(C(O)(c2ccc(F)cn2)c2cc(F)ccc2F)c2[nH]c(=O)[nH]c2c1.Fc1ccc(F)c(Br)c1.[2HH]. The number of pyridine rings is 3. The van der Waals surface area contributed by atoms with E-state index in [0.29, 0.717) is 73.3 Å². The van der Waals surface area contributed by atoms with Gasteiger partial charge in [-0.15, -0.1) is 0 Å². The van der Waals surface area contributed by atoms with Crippen molar-refractivity contribution in [2.45, 2.75) is 119 Å². The minimum Gasteiger partial charge on any atom is -0.465 e. The first-order valence-corrected chi connectivity index (χ1v) is 37.7. The number of nitrogens with one attached hydrogen (secondary N) is 2. The Morgan fingerprint density at radius 2 is 0.868 bits per heavy atom. The maximum atomic E-state index is 15.6. The van der Waals surface area contributed by atoms with Crippen molar-refractivity contribution >= 4 is 67.0 Å². The summed E-state index contributed by atoms with van der Waals surface area (Å²) >= 11 is 2.83. The van der Waals surface area contributed by atoms with Gasteiger partial charge in [-0.05, 0) is 257 Å². The summed E-state index contributed by atoms with van der Waals surface area (Å²) in [4.78, 5) is 78.7. The maximum Gasteiger partial charge on any atom is 0.423 e. The lowest BCUT2D eigenvalue weighted by atomic mass is 9.80. The zero-order valence-electron chi connectivity index (χ0n) is 66.9. The zero-order chi connectivity index (χ0) is 87.8. The summed E-state index contributed by atoms with van der Waals surface area (Å²) in [5.74, 6) is -5.48. The van der Waals surface area contributed by atoms with Crippen LogP contribution >= 0.6 is 15.9 Å². The highest BCUT2D eigenvalue weighted by Gasteiger charge is 2.44. The number of rotatable bonds is 15. The first-order chi connectivity index (χ1) is 57.1. The predicted octanol–water partition coefficient (Wildman–Crippen LogP) is 19.0. The van der Waals surface area contributed by atoms with E-state index >= 15 is 8.78 Å². The minimum absolute atomic E-state index is 0. The van der Waals surface area contributed by atoms with Gasteiger partial charge in [0.05, 0.1) is 97.9 Å². The van der Waals surface area contributed by atoms with Crippen LogP contribution in [0.15, 0.2) is 169 Å². The molecule has 0 saturated heterocycles. The molecule has 9 aromatic heterocycles. The van der Waals surface area contributed by atoms with Crippen LogP contribution in [0, 0.1) is 93.9 Å². The molecule has 4 N–H and O–H groups in total. The lowest BCUT2D eigenvalue weighted by Gasteiger charge is -2.30. The molecule has 0 fully saturated rings. The number of carbonyl (C=O) groups is 3. The first-order valence-electron chi connectivity index (χ1n) is 36.9. The number of aliphatic hydroxyl groups is 2. The standard InChI is InChI=1S/C31H29F3N4O5.C25H25FN4O5.C24H17F3N4O3.C6H3BrF2.H2/c1-7-41-28-36-27-22(31(40,25-11-9-20(33)15-35-25)21-14-19(32)8-10-23(21)34)12-18(26-16(2)37-43-17(26)3)13-24(27)38(28)29(39)42-30(4,5)6;1-7-33-23-28-21-17(22(31)18-9-8-16(26)12-27-18)10-15(20-13(2)29-35-14(20)3)11-19(21)30(23)24(32)34-25(4,5)6;1-11-21(12(2)34-31-11)13-7-17(22-19(8-13)29-23(32)30-22)24(33,20-6-4-15(26)10-28-20)16-9-14(25)3-5-18(16)27;7-5-3-4(8)1-2-6(5)9;/h8-15,40H,7H2,1-6H3;8-12H,7H2,1-6H3;3-10,33H,1-2H3,(H2,29,30,32);1-3H;1H/i;;;;1+1. The molecule has 2 unspecified atom stereocenters. The molecule has 15 aromatic rings. The third-order valence-corrected chi connectivity index (χ3v) is 19.1. The fourth-order valence-electron chi connectivity index (χ4n) is 13.4. The van der Waals surface area contributed by atoms with E-state index in [1.165, 1.54) is 28.8 Å². The number of aryl methyl sites for hydroxylation is 6. The van der Waals surface area contributed by atoms with Crippen molar-refractivity contribution in [2.75, 3.05) is 13.2 Å². The number of halogens is 10. The van der Waals surface area contributed by atoms with E-state index in [-0.39, 0.29) is 92.5 Å². The van der Waals surface area contributed by atoms with Gasteiger partial charge in [0.1, 0.15) is 92.0 Å². The molecule has 0 aliphatic heterocycles. The van der Waals surface area contributed by atoms with Gasteiger partial charge in [-0.2, -0.15) is 19.1 Å². The van der Waals surface area contributed by atoms with E-state index in [2.05, 4.69) is 66.3 Å². The number of fused-ring (bicyclic) bond motifs is 3. The van der Waals surface area contributed by atoms with E-state index in [0.717, 1.165) is 102 Å². The van der Waals surface area contributed by atoms with Crippen LogP contribution in [0.5, 0.6) is 12.0 Å². The van der Waals surface area contributed by atoms with Crippen molar-refractivity contribution in [3.63, 3.8) is 0 Å². The Kier molecular flexibility index (Phi) is 24.8. The molecular weight excluding hydrogens is 1660 g/mol. The molecule has 35 heteroatoms. The summed E-state index contributed by atoms with van der Waals surface area (Å²) in [5, 5.41) is 36.7. The van der Waals surface area contributed by atoms with Crippen LogP contribution in [0.1, 0.15) is 141 Å². The Morgan fingerprint density at radius 1 is 0.471 bits per heavy atom. The van der Waals surface area contributed by atoms with Crippen molar-refractivity contribution in [2.24, 2.45) is 0 Å². The second kappa shape index (κ2) is 34.5. The number of ketones is 1. The summed E-state index contributed by atoms with van der Waals surface area (Å²) in [6.45, 7) is 24.4. The van der Waals surface area contributed by atoms with Crippen LogP contribution in [0.2, 0.25) is 0 Å². The van der Waals surface area contributed by atoms with Gasteiger partial charge in [0, 0.05) is 40.4 Å². The fraction of sp³-hybridized carbons (Fsp3) is 0.233. The van der Waals surface area contributed by atoms with Crippen LogP contribution < -0.4 is 15.2 Å². The fourth-order valence-corrected chi connectivity index (χ4v) is 13.8. The number of imidazole rings is 3. The average Bonchev–Trinajstić information content (AvgIpc) is 1.40. The predicted molar refractivity (Wildman–Crippen MR) is 428 cm³/mol. The van der Waals surface area contributed by atoms with Crippen molar-refractivity contribution in [3.8, 4) is 45.4 Å². The van der Waals surface area contributed by atoms with Gasteiger partial charge in [-0.1, -0.05) is 15.5 Å². The number of hydrogen-bond acceptors (Lipinski definition) is 21. The molecule has 0 aliphatic rings. The minimum atomic E-state index is -2.55. The molecule has 9 heterocycles. The lowest BCUT2D eigenvalue weighted by Crippen LogP contribution is -2.32. The Hall–Kier alpha value is -13.4. The van der Waals surface area contributed by atoms with Gasteiger partial charge in [0.25, 0.3) is 0 Å². The number of aromatic nitrogens is 12. The molecule has 2 atom stereocenters. The van der Waals surface area contributed by atoms with E-state index in [1.807, 2.05) is 0 Å². The largest absolute Gasteiger partial charge is 0.465 e. The number of hydrogen-bond donors (Lipinski definition) is 4. The smallest absolute Gasteiger partial charge is 0.423 e. The Balaban J connectivity index is 0.000000170. The van der Waals surface area contributed by atoms with Crippen LogP contribution in [-0.4, -0.2) is 112 Å². The van der Waals surface area contributed by atoms with E-state index in [9.17, 15) is 60.1 Å². The summed E-state index contributed by atoms with van der Waals surface area (Å²) in [6.07, 6.45) is 1.12. The molecule has 15 rings (SSSR count). The second-order valence-electron chi connectivity index (χ2n) is 29.3. The molecule has 0 bridgehead atoms. The van der Waals surface area contributed by atoms with Gasteiger partial charge < -0.3 is 52.7 Å². The maximum absolute atomic E-state index is 15.6. The quantitative estimate of drug-likeness (QED) is 0.0421. The molecule has 0 saturated carbocycles. The Labute approximate surface area is 691 Å². The third kappa shape index (κ3) is 18.0. The van der Waals surface area contributed by atoms with Crippen LogP contribution in [0.4, 0.5) is 49.1 Å². The number of carbonyl (C=O) groups excluding carboxylic acids is 3. The Bertz CT molecular complexity index is 6480. The normalized spacial score (nSPS) is 12.5. The molecule has 0 spiro atoms. The summed E-state index contributed by atoms with van der Waals surface area (Å²) in [5.41, 5.74) is -2.67. The lowest BCUT2D eigenvalue weighted by molar-refractivity contribution is 0.0515. The zero-order valence-corrected chi connectivity index (χ0v) is 68.5. The third-order valence-electron chi connectivity index (χ3n) is 18.4. The molecule has 25 nitrogen and oxygen atoms in total. The summed E-state index contributed by atoms with van der Waals surface area (Å²) < 4.78 is 166. The van der Waals surface area contributed by atoms with Gasteiger partial charge in [-0.25, -0.2) is 58.9 Å². The van der Waals surface area contributed by atoms with Gasteiger partial charge in [0.15, 0.2) is 11.2 Å². The average molecular weight is 1740 g/mol. The highest BCUT2D eigenvalue weighted by molar-refractivity contribution is 9.10. The summed E-state index contributed by atoms with van der Waals surface area (Å²) in [7, 11) is 0. The monoisotopic (exact) mass is 1740 g/mol. The molecular formula is C86H76BrF9N12O13. The molecule has 0 radical (unpaired) electrons. The van der Waals surface area contributed by atoms with Gasteiger partial charge >= 0.3 is 29.9 Å². The highest BCUT2D eigenvalue weighted by Crippen LogP contribution is 2.47. The molecule has 628 valence electrons. The molecule has 0 aliphatic carbocycles. The number of ether oxygens (including phenoxy) is 4. The van der Waals surface area contributed by atoms with Crippen molar-refractivity contribution < 1.29 is 98.1 Å². The summed E-state index contributed by atoms with van der Waals surface area (Å²) in [6, 6.07) is 24.6. The number of H-pyrrole nitrogens is 2. The van der Waals surface area contributed by atoms with E-state index in [4.69, 9.17) is 32.5 Å². The van der Waals surface area contributed by atoms with E-state index in [1.54, 1.807) is 121 Å². The van der Waals surface area contributed by atoms with Crippen molar-refractivity contribution in [1.29, 1.82) is 0 Å². The van der Waals surface area contributed by atoms with E-state index < -0.39 is 110 Å². The highest BCUT2D eigenvalue weighted by atomic mass is 79.9. The van der Waals surface area contributed by atoms with Crippen LogP contribution in [0.25, 0.3) is 66.5 Å². The van der Waals surface area contributed by atoms with Crippen molar-refractivity contribution in [1.82, 2.24) is 59.5 Å². The first kappa shape index (κ1) is 86.9. The number of nitrogens with zero attached hydrogens (tertiary/aromatic N) is 10. The number of aromatic amines is 2. The topological polar surface area (TPSA) is 330 Å².